The number of nitro benzene ring substituents is 1. The van der Waals surface area contributed by atoms with E-state index in [0.717, 1.165) is 30.0 Å². The molecule has 0 aliphatic heterocycles. The molecule has 0 bridgehead atoms. The van der Waals surface area contributed by atoms with Gasteiger partial charge in [0.25, 0.3) is 11.8 Å². The molecule has 0 radical (unpaired) electrons. The molecule has 10 heteroatoms. The van der Waals surface area contributed by atoms with Crippen molar-refractivity contribution in [2.75, 3.05) is 10.6 Å². The van der Waals surface area contributed by atoms with Crippen molar-refractivity contribution in [2.24, 2.45) is 0 Å². The van der Waals surface area contributed by atoms with Crippen LogP contribution in [0.25, 0.3) is 0 Å². The molecular weight excluding hydrogens is 570 g/mol. The number of carbonyl (C=O) groups is 2. The average Bonchev–Trinajstić information content (AvgIpc) is 2.98. The predicted molar refractivity (Wildman–Crippen MR) is 171 cm³/mol. The number of nitro groups is 1. The minimum Gasteiger partial charge on any atom is -0.501 e. The number of anilines is 2. The minimum absolute atomic E-state index is 0.0525. The SMILES string of the molecule is CCC(Oc1ccc(C(C)(C)CC)cc1C(C)(C)CC)C(=O)Nc1c(Cl)cc(NC(=O)c2ccccc2)c(O)c1[N+](=O)[O-]. The summed E-state index contributed by atoms with van der Waals surface area (Å²) in [6, 6.07) is 15.3. The fourth-order valence-electron chi connectivity index (χ4n) is 4.46. The molecular formula is C33H40ClN3O6. The van der Waals surface area contributed by atoms with Crippen LogP contribution in [0.5, 0.6) is 11.5 Å². The zero-order valence-electron chi connectivity index (χ0n) is 25.7. The second kappa shape index (κ2) is 13.5. The predicted octanol–water partition coefficient (Wildman–Crippen LogP) is 8.38. The van der Waals surface area contributed by atoms with E-state index in [4.69, 9.17) is 16.3 Å². The van der Waals surface area contributed by atoms with Crippen molar-refractivity contribution in [3.8, 4) is 11.5 Å². The molecule has 0 aliphatic rings. The van der Waals surface area contributed by atoms with Gasteiger partial charge in [0.1, 0.15) is 11.4 Å². The number of rotatable bonds is 12. The number of hydrogen-bond acceptors (Lipinski definition) is 6. The van der Waals surface area contributed by atoms with Gasteiger partial charge in [-0.1, -0.05) is 90.4 Å². The Hall–Kier alpha value is -4.11. The van der Waals surface area contributed by atoms with Gasteiger partial charge < -0.3 is 20.5 Å². The third kappa shape index (κ3) is 7.46. The first-order chi connectivity index (χ1) is 20.2. The summed E-state index contributed by atoms with van der Waals surface area (Å²) in [7, 11) is 0. The molecule has 0 fully saturated rings. The molecule has 2 amide bonds. The third-order valence-electron chi connectivity index (χ3n) is 8.13. The van der Waals surface area contributed by atoms with Gasteiger partial charge in [0.15, 0.2) is 6.10 Å². The summed E-state index contributed by atoms with van der Waals surface area (Å²) in [6.45, 7) is 14.6. The van der Waals surface area contributed by atoms with Crippen LogP contribution in [0.3, 0.4) is 0 Å². The molecule has 3 aromatic rings. The van der Waals surface area contributed by atoms with Crippen molar-refractivity contribution >= 4 is 40.5 Å². The maximum atomic E-state index is 13.5. The van der Waals surface area contributed by atoms with Crippen molar-refractivity contribution in [1.29, 1.82) is 0 Å². The summed E-state index contributed by atoms with van der Waals surface area (Å²) in [6.07, 6.45) is 1.01. The number of nitrogens with zero attached hydrogens (tertiary/aromatic N) is 1. The molecule has 0 aromatic heterocycles. The standard InChI is InChI=1S/C33H40ClN3O6/c1-8-25(43-26-17-16-21(32(4,5)9-2)18-22(26)33(6,7)10-3)31(40)36-27-23(34)19-24(29(38)28(27)37(41)42)35-30(39)20-14-12-11-13-15-20/h11-19,25,38H,8-10H2,1-7H3,(H,35,39)(H,36,40). The molecule has 3 N–H and O–H groups in total. The first kappa shape index (κ1) is 33.4. The van der Waals surface area contributed by atoms with E-state index in [0.29, 0.717) is 5.75 Å². The van der Waals surface area contributed by atoms with E-state index in [1.165, 1.54) is 0 Å². The fraction of sp³-hybridized carbons (Fsp3) is 0.394. The Morgan fingerprint density at radius 3 is 2.16 bits per heavy atom. The van der Waals surface area contributed by atoms with Gasteiger partial charge in [-0.2, -0.15) is 0 Å². The number of amides is 2. The summed E-state index contributed by atoms with van der Waals surface area (Å²) >= 11 is 6.39. The molecule has 3 rings (SSSR count). The number of aromatic hydroxyl groups is 1. The van der Waals surface area contributed by atoms with Crippen molar-refractivity contribution < 1.29 is 24.4 Å². The largest absolute Gasteiger partial charge is 0.501 e. The van der Waals surface area contributed by atoms with Crippen LogP contribution in [0.15, 0.2) is 54.6 Å². The Morgan fingerprint density at radius 2 is 1.60 bits per heavy atom. The van der Waals surface area contributed by atoms with Gasteiger partial charge >= 0.3 is 5.69 Å². The number of ether oxygens (including phenoxy) is 1. The Balaban J connectivity index is 1.95. The molecule has 1 atom stereocenters. The van der Waals surface area contributed by atoms with Gasteiger partial charge in [-0.3, -0.25) is 19.7 Å². The third-order valence-corrected chi connectivity index (χ3v) is 8.43. The first-order valence-electron chi connectivity index (χ1n) is 14.4. The highest BCUT2D eigenvalue weighted by Gasteiger charge is 2.32. The van der Waals surface area contributed by atoms with Crippen LogP contribution >= 0.6 is 11.6 Å². The van der Waals surface area contributed by atoms with E-state index < -0.39 is 40.0 Å². The van der Waals surface area contributed by atoms with E-state index >= 15 is 0 Å². The maximum absolute atomic E-state index is 13.5. The molecule has 0 saturated heterocycles. The quantitative estimate of drug-likeness (QED) is 0.107. The number of nitrogens with one attached hydrogen (secondary N) is 2. The highest BCUT2D eigenvalue weighted by atomic mass is 35.5. The minimum atomic E-state index is -1.02. The van der Waals surface area contributed by atoms with Crippen LogP contribution in [0.2, 0.25) is 5.02 Å². The van der Waals surface area contributed by atoms with Gasteiger partial charge in [-0.15, -0.1) is 0 Å². The molecule has 0 aliphatic carbocycles. The van der Waals surface area contributed by atoms with Crippen molar-refractivity contribution in [1.82, 2.24) is 0 Å². The lowest BCUT2D eigenvalue weighted by Crippen LogP contribution is -2.33. The number of carbonyl (C=O) groups excluding carboxylic acids is 2. The monoisotopic (exact) mass is 609 g/mol. The summed E-state index contributed by atoms with van der Waals surface area (Å²) in [5.74, 6) is -1.57. The normalized spacial score (nSPS) is 12.4. The number of halogens is 1. The summed E-state index contributed by atoms with van der Waals surface area (Å²) in [5, 5.41) is 27.5. The lowest BCUT2D eigenvalue weighted by Gasteiger charge is -2.31. The molecule has 9 nitrogen and oxygen atoms in total. The fourth-order valence-corrected chi connectivity index (χ4v) is 4.70. The molecule has 3 aromatic carbocycles. The van der Waals surface area contributed by atoms with Crippen LogP contribution in [-0.2, 0) is 15.6 Å². The first-order valence-corrected chi connectivity index (χ1v) is 14.7. The highest BCUT2D eigenvalue weighted by Crippen LogP contribution is 2.45. The van der Waals surface area contributed by atoms with Crippen LogP contribution in [0, 0.1) is 10.1 Å². The van der Waals surface area contributed by atoms with E-state index in [-0.39, 0.29) is 33.5 Å². The Labute approximate surface area is 257 Å². The zero-order valence-corrected chi connectivity index (χ0v) is 26.5. The van der Waals surface area contributed by atoms with Gasteiger partial charge in [0.05, 0.1) is 15.6 Å². The maximum Gasteiger partial charge on any atom is 0.337 e. The summed E-state index contributed by atoms with van der Waals surface area (Å²) in [4.78, 5) is 37.2. The van der Waals surface area contributed by atoms with Crippen molar-refractivity contribution in [2.45, 2.75) is 84.7 Å². The van der Waals surface area contributed by atoms with E-state index in [1.54, 1.807) is 37.3 Å². The Kier molecular flexibility index (Phi) is 10.5. The van der Waals surface area contributed by atoms with E-state index in [2.05, 4.69) is 58.2 Å². The molecule has 230 valence electrons. The van der Waals surface area contributed by atoms with Crippen LogP contribution in [-0.4, -0.2) is 27.9 Å². The number of hydrogen-bond donors (Lipinski definition) is 3. The van der Waals surface area contributed by atoms with Gasteiger partial charge in [-0.05, 0) is 59.9 Å². The molecule has 43 heavy (non-hydrogen) atoms. The lowest BCUT2D eigenvalue weighted by molar-refractivity contribution is -0.384. The molecule has 0 saturated carbocycles. The zero-order chi connectivity index (χ0) is 32.1. The lowest BCUT2D eigenvalue weighted by atomic mass is 9.76. The van der Waals surface area contributed by atoms with Crippen LogP contribution in [0.1, 0.15) is 89.2 Å². The van der Waals surface area contributed by atoms with Crippen LogP contribution < -0.4 is 15.4 Å². The van der Waals surface area contributed by atoms with Gasteiger partial charge in [-0.25, -0.2) is 0 Å². The Morgan fingerprint density at radius 1 is 0.977 bits per heavy atom. The molecule has 1 unspecified atom stereocenters. The summed E-state index contributed by atoms with van der Waals surface area (Å²) in [5.41, 5.74) is 0.572. The number of phenols is 1. The second-order valence-electron chi connectivity index (χ2n) is 11.7. The number of phenolic OH excluding ortho intramolecular Hbond substituents is 1. The van der Waals surface area contributed by atoms with E-state index in [9.17, 15) is 24.8 Å². The summed E-state index contributed by atoms with van der Waals surface area (Å²) < 4.78 is 6.27. The van der Waals surface area contributed by atoms with Crippen molar-refractivity contribution in [3.05, 3.63) is 86.4 Å². The molecule has 0 heterocycles. The number of benzene rings is 3. The van der Waals surface area contributed by atoms with E-state index in [1.807, 2.05) is 12.1 Å². The van der Waals surface area contributed by atoms with Gasteiger partial charge in [0, 0.05) is 11.1 Å². The smallest absolute Gasteiger partial charge is 0.337 e. The van der Waals surface area contributed by atoms with Crippen LogP contribution in [0.4, 0.5) is 17.1 Å². The Bertz CT molecular complexity index is 1500. The highest BCUT2D eigenvalue weighted by molar-refractivity contribution is 6.35. The second-order valence-corrected chi connectivity index (χ2v) is 12.2. The molecule has 0 spiro atoms. The van der Waals surface area contributed by atoms with Crippen molar-refractivity contribution in [3.63, 3.8) is 0 Å². The average molecular weight is 610 g/mol. The topological polar surface area (TPSA) is 131 Å². The van der Waals surface area contributed by atoms with Gasteiger partial charge in [0.2, 0.25) is 5.75 Å².